The van der Waals surface area contributed by atoms with Crippen molar-refractivity contribution < 1.29 is 29.0 Å². The number of carbonyl (C=O) groups is 3. The Morgan fingerprint density at radius 2 is 1.95 bits per heavy atom. The number of hydrogen-bond acceptors (Lipinski definition) is 3. The van der Waals surface area contributed by atoms with E-state index in [9.17, 15) is 18.8 Å². The van der Waals surface area contributed by atoms with Gasteiger partial charge in [-0.1, -0.05) is 12.1 Å². The quantitative estimate of drug-likeness (QED) is 0.727. The number of benzene rings is 1. The van der Waals surface area contributed by atoms with Crippen molar-refractivity contribution in [3.63, 3.8) is 0 Å². The first-order chi connectivity index (χ1) is 9.32. The second kappa shape index (κ2) is 6.65. The van der Waals surface area contributed by atoms with E-state index >= 15 is 0 Å². The number of carboxylic acid groups (broad SMARTS) is 2. The molecule has 0 aliphatic rings. The van der Waals surface area contributed by atoms with Crippen molar-refractivity contribution in [3.05, 3.63) is 35.1 Å². The number of aryl methyl sites for hydroxylation is 1. The van der Waals surface area contributed by atoms with Gasteiger partial charge in [0, 0.05) is 6.42 Å². The van der Waals surface area contributed by atoms with Gasteiger partial charge in [-0.25, -0.2) is 9.18 Å². The van der Waals surface area contributed by atoms with E-state index in [4.69, 9.17) is 10.2 Å². The predicted molar refractivity (Wildman–Crippen MR) is 66.9 cm³/mol. The molecule has 0 aromatic heterocycles. The van der Waals surface area contributed by atoms with Gasteiger partial charge in [0.05, 0.1) is 5.56 Å². The van der Waals surface area contributed by atoms with Gasteiger partial charge in [0.15, 0.2) is 0 Å². The average molecular weight is 283 g/mol. The van der Waals surface area contributed by atoms with Crippen LogP contribution in [0.2, 0.25) is 0 Å². The zero-order chi connectivity index (χ0) is 15.3. The summed E-state index contributed by atoms with van der Waals surface area (Å²) in [5.74, 6) is -4.16. The summed E-state index contributed by atoms with van der Waals surface area (Å²) in [6.07, 6.45) is -0.683. The standard InChI is InChI=1S/C13H14FNO5/c1-7-3-2-4-8(11(7)14)12(18)15-9(13(19)20)5-6-10(16)17/h2-4,9H,5-6H2,1H3,(H,15,18)(H,16,17)(H,19,20)/t9-/m0/s1. The molecule has 6 nitrogen and oxygen atoms in total. The molecule has 0 radical (unpaired) electrons. The lowest BCUT2D eigenvalue weighted by Gasteiger charge is -2.14. The third-order valence-electron chi connectivity index (χ3n) is 2.69. The van der Waals surface area contributed by atoms with Crippen molar-refractivity contribution in [1.29, 1.82) is 0 Å². The molecule has 0 aliphatic carbocycles. The van der Waals surface area contributed by atoms with Crippen molar-refractivity contribution >= 4 is 17.8 Å². The fourth-order valence-corrected chi connectivity index (χ4v) is 1.58. The van der Waals surface area contributed by atoms with Gasteiger partial charge in [0.2, 0.25) is 0 Å². The Morgan fingerprint density at radius 3 is 2.50 bits per heavy atom. The van der Waals surface area contributed by atoms with Gasteiger partial charge in [0.25, 0.3) is 5.91 Å². The van der Waals surface area contributed by atoms with Gasteiger partial charge >= 0.3 is 11.9 Å². The van der Waals surface area contributed by atoms with Gasteiger partial charge < -0.3 is 15.5 Å². The minimum atomic E-state index is -1.38. The zero-order valence-electron chi connectivity index (χ0n) is 10.7. The third-order valence-corrected chi connectivity index (χ3v) is 2.69. The molecule has 0 aliphatic heterocycles. The molecule has 0 saturated heterocycles. The molecule has 0 unspecified atom stereocenters. The van der Waals surface area contributed by atoms with Crippen LogP contribution in [0, 0.1) is 12.7 Å². The first kappa shape index (κ1) is 15.6. The van der Waals surface area contributed by atoms with E-state index in [0.717, 1.165) is 0 Å². The van der Waals surface area contributed by atoms with Crippen LogP contribution in [0.25, 0.3) is 0 Å². The van der Waals surface area contributed by atoms with E-state index in [0.29, 0.717) is 0 Å². The van der Waals surface area contributed by atoms with Crippen LogP contribution < -0.4 is 5.32 Å². The second-order valence-corrected chi connectivity index (χ2v) is 4.23. The molecular weight excluding hydrogens is 269 g/mol. The van der Waals surface area contributed by atoms with Crippen molar-refractivity contribution in [2.24, 2.45) is 0 Å². The number of nitrogens with one attached hydrogen (secondary N) is 1. The Bertz CT molecular complexity index is 544. The molecule has 1 aromatic carbocycles. The Balaban J connectivity index is 2.83. The molecule has 1 rings (SSSR count). The van der Waals surface area contributed by atoms with Crippen LogP contribution in [-0.4, -0.2) is 34.1 Å². The maximum absolute atomic E-state index is 13.7. The number of halogens is 1. The summed E-state index contributed by atoms with van der Waals surface area (Å²) in [6.45, 7) is 1.48. The maximum atomic E-state index is 13.7. The highest BCUT2D eigenvalue weighted by atomic mass is 19.1. The largest absolute Gasteiger partial charge is 0.481 e. The molecule has 0 heterocycles. The minimum absolute atomic E-state index is 0.259. The highest BCUT2D eigenvalue weighted by Gasteiger charge is 2.23. The molecule has 0 saturated carbocycles. The van der Waals surface area contributed by atoms with Crippen LogP contribution in [0.15, 0.2) is 18.2 Å². The number of hydrogen-bond donors (Lipinski definition) is 3. The average Bonchev–Trinajstić information content (AvgIpc) is 2.36. The van der Waals surface area contributed by atoms with Gasteiger partial charge in [-0.05, 0) is 25.0 Å². The summed E-state index contributed by atoms with van der Waals surface area (Å²) in [7, 11) is 0. The Morgan fingerprint density at radius 1 is 1.30 bits per heavy atom. The summed E-state index contributed by atoms with van der Waals surface area (Å²) in [5.41, 5.74) is -0.0124. The third kappa shape index (κ3) is 4.04. The second-order valence-electron chi connectivity index (χ2n) is 4.23. The molecule has 1 aromatic rings. The molecule has 0 fully saturated rings. The molecule has 0 spiro atoms. The van der Waals surface area contributed by atoms with Crippen LogP contribution >= 0.6 is 0 Å². The maximum Gasteiger partial charge on any atom is 0.326 e. The molecule has 1 amide bonds. The van der Waals surface area contributed by atoms with Crippen LogP contribution in [-0.2, 0) is 9.59 Å². The van der Waals surface area contributed by atoms with E-state index in [1.54, 1.807) is 0 Å². The molecule has 1 atom stereocenters. The number of aliphatic carboxylic acids is 2. The molecule has 0 bridgehead atoms. The predicted octanol–water partition coefficient (Wildman–Crippen LogP) is 1.18. The van der Waals surface area contributed by atoms with Gasteiger partial charge in [-0.2, -0.15) is 0 Å². The topological polar surface area (TPSA) is 104 Å². The van der Waals surface area contributed by atoms with Gasteiger partial charge in [-0.15, -0.1) is 0 Å². The number of amides is 1. The fourth-order valence-electron chi connectivity index (χ4n) is 1.58. The Labute approximate surface area is 114 Å². The zero-order valence-corrected chi connectivity index (χ0v) is 10.7. The van der Waals surface area contributed by atoms with Crippen molar-refractivity contribution in [3.8, 4) is 0 Å². The number of rotatable bonds is 6. The van der Waals surface area contributed by atoms with E-state index in [2.05, 4.69) is 5.32 Å². The summed E-state index contributed by atoms with van der Waals surface area (Å²) in [6, 6.07) is 2.80. The van der Waals surface area contributed by atoms with Gasteiger partial charge in [0.1, 0.15) is 11.9 Å². The smallest absolute Gasteiger partial charge is 0.326 e. The summed E-state index contributed by atoms with van der Waals surface area (Å²) < 4.78 is 13.7. The summed E-state index contributed by atoms with van der Waals surface area (Å²) >= 11 is 0. The summed E-state index contributed by atoms with van der Waals surface area (Å²) in [4.78, 5) is 33.2. The monoisotopic (exact) mass is 283 g/mol. The van der Waals surface area contributed by atoms with Crippen molar-refractivity contribution in [2.75, 3.05) is 0 Å². The molecular formula is C13H14FNO5. The van der Waals surface area contributed by atoms with Crippen molar-refractivity contribution in [2.45, 2.75) is 25.8 Å². The van der Waals surface area contributed by atoms with Crippen molar-refractivity contribution in [1.82, 2.24) is 5.32 Å². The van der Waals surface area contributed by atoms with Crippen LogP contribution in [0.1, 0.15) is 28.8 Å². The lowest BCUT2D eigenvalue weighted by molar-refractivity contribution is -0.140. The molecule has 108 valence electrons. The van der Waals surface area contributed by atoms with E-state index in [1.807, 2.05) is 0 Å². The molecule has 20 heavy (non-hydrogen) atoms. The number of carboxylic acids is 2. The number of carbonyl (C=O) groups excluding carboxylic acids is 1. The lowest BCUT2D eigenvalue weighted by Crippen LogP contribution is -2.41. The normalized spacial score (nSPS) is 11.7. The Kier molecular flexibility index (Phi) is 5.19. The summed E-state index contributed by atoms with van der Waals surface area (Å²) in [5, 5.41) is 19.5. The van der Waals surface area contributed by atoms with E-state index < -0.39 is 36.1 Å². The first-order valence-electron chi connectivity index (χ1n) is 5.83. The fraction of sp³-hybridized carbons (Fsp3) is 0.308. The highest BCUT2D eigenvalue weighted by Crippen LogP contribution is 2.12. The first-order valence-corrected chi connectivity index (χ1v) is 5.83. The van der Waals surface area contributed by atoms with Crippen LogP contribution in [0.4, 0.5) is 4.39 Å². The molecule has 3 N–H and O–H groups in total. The Hall–Kier alpha value is -2.44. The van der Waals surface area contributed by atoms with Crippen LogP contribution in [0.3, 0.4) is 0 Å². The lowest BCUT2D eigenvalue weighted by atomic mass is 10.1. The van der Waals surface area contributed by atoms with E-state index in [1.165, 1.54) is 25.1 Å². The van der Waals surface area contributed by atoms with Gasteiger partial charge in [-0.3, -0.25) is 9.59 Å². The van der Waals surface area contributed by atoms with Crippen LogP contribution in [0.5, 0.6) is 0 Å². The molecule has 7 heteroatoms. The highest BCUT2D eigenvalue weighted by molar-refractivity contribution is 5.97. The minimum Gasteiger partial charge on any atom is -0.481 e. The van der Waals surface area contributed by atoms with E-state index in [-0.39, 0.29) is 17.5 Å². The SMILES string of the molecule is Cc1cccc(C(=O)N[C@@H](CCC(=O)O)C(=O)O)c1F.